The van der Waals surface area contributed by atoms with Gasteiger partial charge in [-0.15, -0.1) is 0 Å². The fraction of sp³-hybridized carbons (Fsp3) is 0.529. The summed E-state index contributed by atoms with van der Waals surface area (Å²) in [4.78, 5) is 26.1. The molecule has 3 N–H and O–H groups in total. The first-order valence-electron chi connectivity index (χ1n) is 7.83. The second kappa shape index (κ2) is 6.92. The third kappa shape index (κ3) is 3.65. The van der Waals surface area contributed by atoms with Crippen molar-refractivity contribution in [2.75, 3.05) is 18.0 Å². The molecule has 0 aliphatic carbocycles. The number of nitrogens with two attached hydrogens (primary N) is 1. The van der Waals surface area contributed by atoms with Crippen LogP contribution in [0.4, 0.5) is 5.69 Å². The molecule has 120 valence electrons. The summed E-state index contributed by atoms with van der Waals surface area (Å²) in [6.07, 6.45) is 1.94. The fourth-order valence-electron chi connectivity index (χ4n) is 2.62. The Bertz CT molecular complexity index is 569. The Labute approximate surface area is 131 Å². The van der Waals surface area contributed by atoms with Gasteiger partial charge >= 0.3 is 0 Å². The number of anilines is 1. The summed E-state index contributed by atoms with van der Waals surface area (Å²) in [5, 5.41) is 2.65. The zero-order chi connectivity index (χ0) is 16.3. The summed E-state index contributed by atoms with van der Waals surface area (Å²) in [5.74, 6) is -0.311. The van der Waals surface area contributed by atoms with Crippen LogP contribution < -0.4 is 16.0 Å². The number of carbonyl (C=O) groups excluding carboxylic acids is 2. The van der Waals surface area contributed by atoms with Crippen molar-refractivity contribution in [2.24, 2.45) is 11.7 Å². The number of carbonyl (C=O) groups is 2. The Morgan fingerprint density at radius 3 is 2.77 bits per heavy atom. The molecule has 0 bridgehead atoms. The lowest BCUT2D eigenvalue weighted by Gasteiger charge is -2.30. The minimum absolute atomic E-state index is 0.00731. The summed E-state index contributed by atoms with van der Waals surface area (Å²) in [7, 11) is 0. The average Bonchev–Trinajstić information content (AvgIpc) is 2.50. The lowest BCUT2D eigenvalue weighted by atomic mass is 10.00. The van der Waals surface area contributed by atoms with E-state index in [2.05, 4.69) is 17.4 Å². The summed E-state index contributed by atoms with van der Waals surface area (Å²) >= 11 is 0. The molecule has 0 radical (unpaired) electrons. The number of nitrogens with one attached hydrogen (secondary N) is 1. The van der Waals surface area contributed by atoms with Crippen LogP contribution in [0.1, 0.15) is 31.4 Å². The number of amides is 2. The molecular formula is C17H25N3O2. The van der Waals surface area contributed by atoms with Crippen LogP contribution in [0.25, 0.3) is 0 Å². The van der Waals surface area contributed by atoms with Crippen LogP contribution in [-0.4, -0.2) is 30.9 Å². The molecule has 2 amide bonds. The molecule has 1 aromatic carbocycles. The van der Waals surface area contributed by atoms with Crippen molar-refractivity contribution in [3.05, 3.63) is 29.3 Å². The number of hydrogen-bond acceptors (Lipinski definition) is 3. The smallest absolute Gasteiger partial charge is 0.246 e. The quantitative estimate of drug-likeness (QED) is 0.882. The Morgan fingerprint density at radius 1 is 1.36 bits per heavy atom. The van der Waals surface area contributed by atoms with Crippen LogP contribution in [0.15, 0.2) is 18.2 Å². The monoisotopic (exact) mass is 303 g/mol. The maximum absolute atomic E-state index is 12.4. The van der Waals surface area contributed by atoms with Gasteiger partial charge in [0.2, 0.25) is 11.8 Å². The van der Waals surface area contributed by atoms with E-state index in [9.17, 15) is 9.59 Å². The van der Waals surface area contributed by atoms with Crippen LogP contribution in [0, 0.1) is 12.8 Å². The van der Waals surface area contributed by atoms with Gasteiger partial charge in [-0.1, -0.05) is 26.0 Å². The molecule has 5 heteroatoms. The van der Waals surface area contributed by atoms with Crippen LogP contribution >= 0.6 is 0 Å². The molecule has 0 unspecified atom stereocenters. The van der Waals surface area contributed by atoms with E-state index >= 15 is 0 Å². The van der Waals surface area contributed by atoms with Crippen LogP contribution in [0.2, 0.25) is 0 Å². The van der Waals surface area contributed by atoms with Gasteiger partial charge in [-0.2, -0.15) is 0 Å². The highest BCUT2D eigenvalue weighted by Gasteiger charge is 2.24. The summed E-state index contributed by atoms with van der Waals surface area (Å²) in [5.41, 5.74) is 9.07. The van der Waals surface area contributed by atoms with E-state index in [1.807, 2.05) is 26.8 Å². The van der Waals surface area contributed by atoms with Crippen molar-refractivity contribution in [2.45, 2.75) is 39.7 Å². The molecule has 0 aromatic heterocycles. The summed E-state index contributed by atoms with van der Waals surface area (Å²) in [6, 6.07) is 5.60. The van der Waals surface area contributed by atoms with E-state index in [4.69, 9.17) is 5.73 Å². The maximum atomic E-state index is 12.4. The minimum Gasteiger partial charge on any atom is -0.346 e. The number of rotatable bonds is 4. The molecule has 5 nitrogen and oxygen atoms in total. The molecule has 1 aliphatic rings. The standard InChI is InChI=1S/C17H25N3O2/c1-11(2)16(18)17(22)19-10-15(21)20-8-4-5-13-7-6-12(3)9-14(13)20/h6-7,9,11,16H,4-5,8,10,18H2,1-3H3,(H,19,22)/t16-/m0/s1. The predicted molar refractivity (Wildman–Crippen MR) is 87.7 cm³/mol. The molecule has 0 saturated carbocycles. The Morgan fingerprint density at radius 2 is 2.09 bits per heavy atom. The molecule has 22 heavy (non-hydrogen) atoms. The van der Waals surface area contributed by atoms with E-state index in [-0.39, 0.29) is 24.3 Å². The topological polar surface area (TPSA) is 75.4 Å². The molecule has 0 fully saturated rings. The van der Waals surface area contributed by atoms with E-state index in [1.54, 1.807) is 4.90 Å². The van der Waals surface area contributed by atoms with Crippen LogP contribution in [0.5, 0.6) is 0 Å². The first-order valence-corrected chi connectivity index (χ1v) is 7.83. The molecular weight excluding hydrogens is 278 g/mol. The highest BCUT2D eigenvalue weighted by molar-refractivity contribution is 5.98. The van der Waals surface area contributed by atoms with Crippen molar-refractivity contribution in [3.63, 3.8) is 0 Å². The normalized spacial score (nSPS) is 15.4. The summed E-state index contributed by atoms with van der Waals surface area (Å²) < 4.78 is 0. The maximum Gasteiger partial charge on any atom is 0.246 e. The number of benzene rings is 1. The molecule has 1 heterocycles. The average molecular weight is 303 g/mol. The van der Waals surface area contributed by atoms with Crippen molar-refractivity contribution in [1.82, 2.24) is 5.32 Å². The van der Waals surface area contributed by atoms with Gasteiger partial charge in [0.05, 0.1) is 12.6 Å². The first-order chi connectivity index (χ1) is 10.4. The van der Waals surface area contributed by atoms with Gasteiger partial charge in [-0.25, -0.2) is 0 Å². The SMILES string of the molecule is Cc1ccc2c(c1)N(C(=O)CNC(=O)[C@@H](N)C(C)C)CCC2. The third-order valence-corrected chi connectivity index (χ3v) is 4.10. The predicted octanol–water partition coefficient (Wildman–Crippen LogP) is 1.37. The highest BCUT2D eigenvalue weighted by atomic mass is 16.2. The fourth-order valence-corrected chi connectivity index (χ4v) is 2.62. The van der Waals surface area contributed by atoms with E-state index in [0.29, 0.717) is 6.54 Å². The minimum atomic E-state index is -0.580. The van der Waals surface area contributed by atoms with Gasteiger partial charge in [0.1, 0.15) is 0 Å². The van der Waals surface area contributed by atoms with Crippen molar-refractivity contribution < 1.29 is 9.59 Å². The van der Waals surface area contributed by atoms with Gasteiger partial charge in [-0.05, 0) is 42.9 Å². The second-order valence-corrected chi connectivity index (χ2v) is 6.27. The first kappa shape index (κ1) is 16.5. The highest BCUT2D eigenvalue weighted by Crippen LogP contribution is 2.28. The van der Waals surface area contributed by atoms with Crippen molar-refractivity contribution >= 4 is 17.5 Å². The van der Waals surface area contributed by atoms with Gasteiger partial charge < -0.3 is 16.0 Å². The van der Waals surface area contributed by atoms with Crippen LogP contribution in [-0.2, 0) is 16.0 Å². The second-order valence-electron chi connectivity index (χ2n) is 6.27. The molecule has 1 aromatic rings. The van der Waals surface area contributed by atoms with Gasteiger partial charge in [0, 0.05) is 12.2 Å². The summed E-state index contributed by atoms with van der Waals surface area (Å²) in [6.45, 7) is 6.47. The lowest BCUT2D eigenvalue weighted by Crippen LogP contribution is -2.48. The number of nitrogens with zero attached hydrogens (tertiary/aromatic N) is 1. The number of fused-ring (bicyclic) bond motifs is 1. The van der Waals surface area contributed by atoms with E-state index in [0.717, 1.165) is 24.1 Å². The Kier molecular flexibility index (Phi) is 5.19. The Balaban J connectivity index is 2.03. The van der Waals surface area contributed by atoms with Gasteiger partial charge in [0.15, 0.2) is 0 Å². The zero-order valence-corrected chi connectivity index (χ0v) is 13.6. The van der Waals surface area contributed by atoms with Crippen molar-refractivity contribution in [3.8, 4) is 0 Å². The van der Waals surface area contributed by atoms with Crippen LogP contribution in [0.3, 0.4) is 0 Å². The van der Waals surface area contributed by atoms with Crippen molar-refractivity contribution in [1.29, 1.82) is 0 Å². The van der Waals surface area contributed by atoms with Gasteiger partial charge in [-0.3, -0.25) is 9.59 Å². The van der Waals surface area contributed by atoms with E-state index < -0.39 is 6.04 Å². The molecule has 2 rings (SSSR count). The zero-order valence-electron chi connectivity index (χ0n) is 13.6. The number of hydrogen-bond donors (Lipinski definition) is 2. The molecule has 1 atom stereocenters. The lowest BCUT2D eigenvalue weighted by molar-refractivity contribution is -0.126. The molecule has 0 saturated heterocycles. The van der Waals surface area contributed by atoms with E-state index in [1.165, 1.54) is 5.56 Å². The molecule has 0 spiro atoms. The largest absolute Gasteiger partial charge is 0.346 e. The molecule has 1 aliphatic heterocycles. The van der Waals surface area contributed by atoms with Gasteiger partial charge in [0.25, 0.3) is 0 Å². The number of aryl methyl sites for hydroxylation is 2. The third-order valence-electron chi connectivity index (χ3n) is 4.10. The Hall–Kier alpha value is -1.88.